The number of aromatic nitrogens is 1. The number of halogens is 1. The van der Waals surface area contributed by atoms with Crippen molar-refractivity contribution in [1.82, 2.24) is 4.98 Å². The molecule has 0 radical (unpaired) electrons. The number of nitrogens with one attached hydrogen (secondary N) is 1. The van der Waals surface area contributed by atoms with Crippen LogP contribution in [0.5, 0.6) is 11.5 Å². The fraction of sp³-hybridized carbons (Fsp3) is 0.154. The van der Waals surface area contributed by atoms with Crippen molar-refractivity contribution in [1.29, 1.82) is 0 Å². The molecule has 20 heavy (non-hydrogen) atoms. The van der Waals surface area contributed by atoms with Crippen molar-refractivity contribution in [2.75, 3.05) is 11.9 Å². The van der Waals surface area contributed by atoms with E-state index in [-0.39, 0.29) is 5.75 Å². The van der Waals surface area contributed by atoms with Gasteiger partial charge in [-0.15, -0.1) is 0 Å². The van der Waals surface area contributed by atoms with Crippen molar-refractivity contribution in [3.05, 3.63) is 52.5 Å². The van der Waals surface area contributed by atoms with Crippen molar-refractivity contribution in [2.45, 2.75) is 6.92 Å². The molecule has 0 saturated heterocycles. The fourth-order valence-electron chi connectivity index (χ4n) is 1.60. The zero-order chi connectivity index (χ0) is 14.5. The van der Waals surface area contributed by atoms with Gasteiger partial charge in [-0.1, -0.05) is 0 Å². The number of pyridine rings is 1. The number of hydrogen-bond acceptors (Lipinski definition) is 5. The number of nitrogens with zero attached hydrogens (tertiary/aromatic N) is 2. The van der Waals surface area contributed by atoms with Gasteiger partial charge in [-0.25, -0.2) is 9.37 Å². The van der Waals surface area contributed by atoms with E-state index < -0.39 is 16.4 Å². The van der Waals surface area contributed by atoms with Crippen LogP contribution < -0.4 is 10.1 Å². The topological polar surface area (TPSA) is 77.3 Å². The van der Waals surface area contributed by atoms with Crippen LogP contribution in [0.25, 0.3) is 0 Å². The molecule has 0 aliphatic heterocycles. The summed E-state index contributed by atoms with van der Waals surface area (Å²) in [7, 11) is 0. The van der Waals surface area contributed by atoms with Gasteiger partial charge in [0.2, 0.25) is 5.75 Å². The first-order valence-corrected chi connectivity index (χ1v) is 5.92. The maximum Gasteiger partial charge on any atom is 0.314 e. The third-order valence-electron chi connectivity index (χ3n) is 2.43. The highest BCUT2D eigenvalue weighted by atomic mass is 19.1. The van der Waals surface area contributed by atoms with Crippen LogP contribution in [-0.4, -0.2) is 16.5 Å². The Labute approximate surface area is 114 Å². The summed E-state index contributed by atoms with van der Waals surface area (Å²) in [5.74, 6) is 0.262. The lowest BCUT2D eigenvalue weighted by molar-refractivity contribution is -0.385. The molecule has 0 spiro atoms. The summed E-state index contributed by atoms with van der Waals surface area (Å²) in [4.78, 5) is 14.2. The van der Waals surface area contributed by atoms with Gasteiger partial charge >= 0.3 is 5.69 Å². The maximum atomic E-state index is 13.0. The van der Waals surface area contributed by atoms with Crippen LogP contribution in [0, 0.1) is 15.9 Å². The summed E-state index contributed by atoms with van der Waals surface area (Å²) in [6.07, 6.45) is 1.52. The second-order valence-electron chi connectivity index (χ2n) is 3.88. The number of nitro groups is 1. The highest BCUT2D eigenvalue weighted by Crippen LogP contribution is 2.32. The molecule has 2 rings (SSSR count). The van der Waals surface area contributed by atoms with Gasteiger partial charge in [-0.2, -0.15) is 0 Å². The highest BCUT2D eigenvalue weighted by Gasteiger charge is 2.17. The molecule has 1 aromatic heterocycles. The molecule has 0 atom stereocenters. The van der Waals surface area contributed by atoms with Gasteiger partial charge in [0.15, 0.2) is 0 Å². The van der Waals surface area contributed by atoms with Gasteiger partial charge < -0.3 is 10.1 Å². The van der Waals surface area contributed by atoms with Crippen LogP contribution >= 0.6 is 0 Å². The molecule has 104 valence electrons. The monoisotopic (exact) mass is 277 g/mol. The van der Waals surface area contributed by atoms with Crippen LogP contribution in [0.1, 0.15) is 6.92 Å². The minimum atomic E-state index is -0.690. The highest BCUT2D eigenvalue weighted by molar-refractivity contribution is 5.50. The lowest BCUT2D eigenvalue weighted by Gasteiger charge is -2.08. The zero-order valence-corrected chi connectivity index (χ0v) is 10.7. The predicted octanol–water partition coefficient (Wildman–Crippen LogP) is 3.35. The van der Waals surface area contributed by atoms with E-state index in [1.54, 1.807) is 12.1 Å². The van der Waals surface area contributed by atoms with Gasteiger partial charge in [0.25, 0.3) is 0 Å². The lowest BCUT2D eigenvalue weighted by Crippen LogP contribution is -1.99. The second kappa shape index (κ2) is 5.96. The second-order valence-corrected chi connectivity index (χ2v) is 3.88. The smallest absolute Gasteiger partial charge is 0.314 e. The van der Waals surface area contributed by atoms with Crippen molar-refractivity contribution < 1.29 is 14.1 Å². The molecular formula is C13H12FN3O3. The fourth-order valence-corrected chi connectivity index (χ4v) is 1.60. The Morgan fingerprint density at radius 3 is 2.90 bits per heavy atom. The molecule has 0 aliphatic rings. The van der Waals surface area contributed by atoms with E-state index in [1.165, 1.54) is 12.3 Å². The van der Waals surface area contributed by atoms with E-state index in [1.807, 2.05) is 6.92 Å². The van der Waals surface area contributed by atoms with Crippen LogP contribution in [0.15, 0.2) is 36.5 Å². The molecule has 0 fully saturated rings. The van der Waals surface area contributed by atoms with E-state index in [0.29, 0.717) is 18.1 Å². The van der Waals surface area contributed by atoms with Crippen molar-refractivity contribution in [2.24, 2.45) is 0 Å². The normalized spacial score (nSPS) is 10.1. The Hall–Kier alpha value is -2.70. The van der Waals surface area contributed by atoms with E-state index in [2.05, 4.69) is 10.3 Å². The summed E-state index contributed by atoms with van der Waals surface area (Å²) in [6, 6.07) is 6.32. The largest absolute Gasteiger partial charge is 0.450 e. The summed E-state index contributed by atoms with van der Waals surface area (Å²) in [5.41, 5.74) is -0.424. The molecule has 1 heterocycles. The SMILES string of the molecule is CCNc1cc(Oc2ccc(F)cc2[N+](=O)[O-])ccn1. The average Bonchev–Trinajstić information content (AvgIpc) is 2.41. The Morgan fingerprint density at radius 1 is 1.40 bits per heavy atom. The van der Waals surface area contributed by atoms with E-state index in [0.717, 1.165) is 12.1 Å². The van der Waals surface area contributed by atoms with E-state index in [9.17, 15) is 14.5 Å². The lowest BCUT2D eigenvalue weighted by atomic mass is 10.3. The molecule has 0 amide bonds. The van der Waals surface area contributed by atoms with Gasteiger partial charge in [0.1, 0.15) is 17.4 Å². The average molecular weight is 277 g/mol. The molecule has 7 heteroatoms. The number of anilines is 1. The molecule has 2 aromatic rings. The summed E-state index contributed by atoms with van der Waals surface area (Å²) in [6.45, 7) is 2.60. The van der Waals surface area contributed by atoms with Crippen molar-refractivity contribution in [3.8, 4) is 11.5 Å². The maximum absolute atomic E-state index is 13.0. The summed E-state index contributed by atoms with van der Waals surface area (Å²) >= 11 is 0. The number of benzene rings is 1. The first kappa shape index (κ1) is 13.7. The van der Waals surface area contributed by atoms with E-state index in [4.69, 9.17) is 4.74 Å². The standard InChI is InChI=1S/C13H12FN3O3/c1-2-15-13-8-10(5-6-16-13)20-12-4-3-9(14)7-11(12)17(18)19/h3-8H,2H2,1H3,(H,15,16). The minimum Gasteiger partial charge on any atom is -0.450 e. The minimum absolute atomic E-state index is 0.0231. The first-order chi connectivity index (χ1) is 9.60. The van der Waals surface area contributed by atoms with Crippen molar-refractivity contribution in [3.63, 3.8) is 0 Å². The molecule has 0 unspecified atom stereocenters. The Balaban J connectivity index is 2.30. The molecule has 0 bridgehead atoms. The Bertz CT molecular complexity index is 634. The van der Waals surface area contributed by atoms with Crippen LogP contribution in [-0.2, 0) is 0 Å². The van der Waals surface area contributed by atoms with Gasteiger partial charge in [0.05, 0.1) is 11.0 Å². The summed E-state index contributed by atoms with van der Waals surface area (Å²) < 4.78 is 18.5. The van der Waals surface area contributed by atoms with Crippen LogP contribution in [0.4, 0.5) is 15.9 Å². The molecule has 0 saturated carbocycles. The number of hydrogen-bond donors (Lipinski definition) is 1. The predicted molar refractivity (Wildman–Crippen MR) is 71.5 cm³/mol. The molecule has 0 aliphatic carbocycles. The first-order valence-electron chi connectivity index (χ1n) is 5.92. The quantitative estimate of drug-likeness (QED) is 0.669. The van der Waals surface area contributed by atoms with Crippen molar-refractivity contribution >= 4 is 11.5 Å². The molecular weight excluding hydrogens is 265 g/mol. The Morgan fingerprint density at radius 2 is 2.20 bits per heavy atom. The van der Waals surface area contributed by atoms with Crippen LogP contribution in [0.2, 0.25) is 0 Å². The number of rotatable bonds is 5. The van der Waals surface area contributed by atoms with Gasteiger partial charge in [-0.3, -0.25) is 10.1 Å². The number of nitro benzene ring substituents is 1. The van der Waals surface area contributed by atoms with Gasteiger partial charge in [-0.05, 0) is 25.1 Å². The molecule has 1 aromatic carbocycles. The van der Waals surface area contributed by atoms with E-state index >= 15 is 0 Å². The molecule has 1 N–H and O–H groups in total. The molecule has 6 nitrogen and oxygen atoms in total. The Kier molecular flexibility index (Phi) is 4.09. The third kappa shape index (κ3) is 3.19. The van der Waals surface area contributed by atoms with Gasteiger partial charge in [0, 0.05) is 18.8 Å². The summed E-state index contributed by atoms with van der Waals surface area (Å²) in [5, 5.41) is 13.9. The number of ether oxygens (including phenoxy) is 1. The zero-order valence-electron chi connectivity index (χ0n) is 10.7. The third-order valence-corrected chi connectivity index (χ3v) is 2.43. The van der Waals surface area contributed by atoms with Crippen LogP contribution in [0.3, 0.4) is 0 Å².